The standard InChI is InChI=1S/C18H19ClN2O2/c19-13-2-1-12-9-15(23-14(12)10-13)17(22)20-16-11-3-7-21(8-4-11)18(16)5-6-18/h1-2,9-11,16H,3-8H2,(H,20,22). The van der Waals surface area contributed by atoms with Crippen molar-refractivity contribution in [3.63, 3.8) is 0 Å². The van der Waals surface area contributed by atoms with Crippen LogP contribution in [0.3, 0.4) is 0 Å². The maximum absolute atomic E-state index is 12.7. The van der Waals surface area contributed by atoms with E-state index in [0.717, 1.165) is 5.39 Å². The fourth-order valence-corrected chi connectivity index (χ4v) is 4.81. The first kappa shape index (κ1) is 13.9. The van der Waals surface area contributed by atoms with Gasteiger partial charge in [-0.3, -0.25) is 9.69 Å². The predicted octanol–water partition coefficient (Wildman–Crippen LogP) is 3.44. The summed E-state index contributed by atoms with van der Waals surface area (Å²) in [5.74, 6) is 0.905. The summed E-state index contributed by atoms with van der Waals surface area (Å²) >= 11 is 5.99. The lowest BCUT2D eigenvalue weighted by Crippen LogP contribution is -2.65. The fourth-order valence-electron chi connectivity index (χ4n) is 4.65. The predicted molar refractivity (Wildman–Crippen MR) is 88.7 cm³/mol. The second kappa shape index (κ2) is 4.74. The van der Waals surface area contributed by atoms with Gasteiger partial charge in [0, 0.05) is 22.0 Å². The maximum atomic E-state index is 12.7. The molecule has 1 spiro atoms. The zero-order valence-corrected chi connectivity index (χ0v) is 13.6. The van der Waals surface area contributed by atoms with Crippen LogP contribution in [-0.2, 0) is 0 Å². The molecule has 4 heterocycles. The van der Waals surface area contributed by atoms with Gasteiger partial charge >= 0.3 is 0 Å². The number of hydrogen-bond acceptors (Lipinski definition) is 3. The quantitative estimate of drug-likeness (QED) is 0.917. The number of fused-ring (bicyclic) bond motifs is 3. The number of amides is 1. The number of carbonyl (C=O) groups is 1. The van der Waals surface area contributed by atoms with Crippen LogP contribution < -0.4 is 5.32 Å². The lowest BCUT2D eigenvalue weighted by molar-refractivity contribution is -0.00182. The molecule has 0 radical (unpaired) electrons. The minimum atomic E-state index is -0.0950. The average Bonchev–Trinajstić information content (AvgIpc) is 3.22. The number of rotatable bonds is 2. The van der Waals surface area contributed by atoms with E-state index in [2.05, 4.69) is 10.2 Å². The first-order valence-electron chi connectivity index (χ1n) is 8.41. The van der Waals surface area contributed by atoms with Crippen LogP contribution in [0.15, 0.2) is 28.7 Å². The molecule has 2 aromatic rings. The lowest BCUT2D eigenvalue weighted by Gasteiger charge is -2.52. The number of piperidine rings is 3. The van der Waals surface area contributed by atoms with Crippen molar-refractivity contribution in [1.29, 1.82) is 0 Å². The Balaban J connectivity index is 1.42. The largest absolute Gasteiger partial charge is 0.451 e. The van der Waals surface area contributed by atoms with E-state index in [0.29, 0.717) is 22.3 Å². The third-order valence-electron chi connectivity index (χ3n) is 5.97. The number of benzene rings is 1. The van der Waals surface area contributed by atoms with Crippen molar-refractivity contribution in [2.75, 3.05) is 13.1 Å². The molecular formula is C18H19ClN2O2. The summed E-state index contributed by atoms with van der Waals surface area (Å²) in [5, 5.41) is 4.82. The normalized spacial score (nSPS) is 30.7. The van der Waals surface area contributed by atoms with Gasteiger partial charge in [0.1, 0.15) is 5.58 Å². The number of nitrogens with zero attached hydrogens (tertiary/aromatic N) is 1. The highest BCUT2D eigenvalue weighted by Crippen LogP contribution is 2.53. The summed E-state index contributed by atoms with van der Waals surface area (Å²) < 4.78 is 5.71. The van der Waals surface area contributed by atoms with Gasteiger partial charge in [0.25, 0.3) is 5.91 Å². The smallest absolute Gasteiger partial charge is 0.287 e. The van der Waals surface area contributed by atoms with E-state index >= 15 is 0 Å². The van der Waals surface area contributed by atoms with Crippen LogP contribution in [-0.4, -0.2) is 35.5 Å². The van der Waals surface area contributed by atoms with Crippen molar-refractivity contribution in [2.24, 2.45) is 5.92 Å². The van der Waals surface area contributed by atoms with Gasteiger partial charge < -0.3 is 9.73 Å². The molecule has 4 nitrogen and oxygen atoms in total. The monoisotopic (exact) mass is 330 g/mol. The topological polar surface area (TPSA) is 45.5 Å². The molecule has 3 aliphatic heterocycles. The molecule has 4 aliphatic rings. The summed E-state index contributed by atoms with van der Waals surface area (Å²) in [6, 6.07) is 7.53. The average molecular weight is 331 g/mol. The zero-order chi connectivity index (χ0) is 15.6. The Hall–Kier alpha value is -1.52. The van der Waals surface area contributed by atoms with Gasteiger partial charge in [-0.05, 0) is 62.9 Å². The van der Waals surface area contributed by atoms with E-state index in [1.165, 1.54) is 38.8 Å². The number of halogens is 1. The van der Waals surface area contributed by atoms with Crippen molar-refractivity contribution in [3.05, 3.63) is 35.0 Å². The van der Waals surface area contributed by atoms with Gasteiger partial charge in [0.2, 0.25) is 0 Å². The van der Waals surface area contributed by atoms with Gasteiger partial charge in [-0.2, -0.15) is 0 Å². The summed E-state index contributed by atoms with van der Waals surface area (Å²) in [6.07, 6.45) is 4.82. The summed E-state index contributed by atoms with van der Waals surface area (Å²) in [6.45, 7) is 2.39. The Labute approximate surface area is 139 Å². The van der Waals surface area contributed by atoms with Gasteiger partial charge in [-0.15, -0.1) is 0 Å². The highest BCUT2D eigenvalue weighted by atomic mass is 35.5. The molecule has 3 saturated heterocycles. The van der Waals surface area contributed by atoms with Crippen molar-refractivity contribution >= 4 is 28.5 Å². The van der Waals surface area contributed by atoms with Crippen molar-refractivity contribution in [3.8, 4) is 0 Å². The zero-order valence-electron chi connectivity index (χ0n) is 12.8. The molecular weight excluding hydrogens is 312 g/mol. The molecule has 1 N–H and O–H groups in total. The molecule has 1 amide bonds. The van der Waals surface area contributed by atoms with E-state index < -0.39 is 0 Å². The summed E-state index contributed by atoms with van der Waals surface area (Å²) in [7, 11) is 0. The molecule has 1 aromatic carbocycles. The Morgan fingerprint density at radius 1 is 1.26 bits per heavy atom. The van der Waals surface area contributed by atoms with Gasteiger partial charge in [-0.1, -0.05) is 11.6 Å². The first-order chi connectivity index (χ1) is 11.2. The Kier molecular flexibility index (Phi) is 2.86. The molecule has 5 heteroatoms. The highest BCUT2D eigenvalue weighted by molar-refractivity contribution is 6.31. The van der Waals surface area contributed by atoms with Crippen LogP contribution in [0.4, 0.5) is 0 Å². The second-order valence-electron chi connectivity index (χ2n) is 7.17. The molecule has 1 saturated carbocycles. The number of hydrogen-bond donors (Lipinski definition) is 1. The van der Waals surface area contributed by atoms with Crippen LogP contribution in [0.25, 0.3) is 11.0 Å². The van der Waals surface area contributed by atoms with Crippen LogP contribution in [0.5, 0.6) is 0 Å². The third-order valence-corrected chi connectivity index (χ3v) is 6.21. The molecule has 4 fully saturated rings. The fraction of sp³-hybridized carbons (Fsp3) is 0.500. The summed E-state index contributed by atoms with van der Waals surface area (Å²) in [5.41, 5.74) is 0.907. The van der Waals surface area contributed by atoms with Crippen LogP contribution in [0.1, 0.15) is 36.2 Å². The molecule has 120 valence electrons. The van der Waals surface area contributed by atoms with Crippen LogP contribution in [0.2, 0.25) is 5.02 Å². The van der Waals surface area contributed by atoms with E-state index in [1.54, 1.807) is 6.07 Å². The van der Waals surface area contributed by atoms with Crippen molar-refractivity contribution in [2.45, 2.75) is 37.3 Å². The second-order valence-corrected chi connectivity index (χ2v) is 7.61. The molecule has 6 rings (SSSR count). The molecule has 1 aliphatic carbocycles. The van der Waals surface area contributed by atoms with E-state index in [9.17, 15) is 4.79 Å². The lowest BCUT2D eigenvalue weighted by atomic mass is 9.77. The first-order valence-corrected chi connectivity index (χ1v) is 8.79. The number of nitrogens with one attached hydrogen (secondary N) is 1. The van der Waals surface area contributed by atoms with Crippen molar-refractivity contribution in [1.82, 2.24) is 10.2 Å². The highest BCUT2D eigenvalue weighted by Gasteiger charge is 2.60. The SMILES string of the molecule is O=C(NC1C2CCN(CC2)C12CC2)c1cc2ccc(Cl)cc2o1. The van der Waals surface area contributed by atoms with E-state index in [1.807, 2.05) is 18.2 Å². The Morgan fingerprint density at radius 2 is 2.04 bits per heavy atom. The van der Waals surface area contributed by atoms with E-state index in [4.69, 9.17) is 16.0 Å². The molecule has 23 heavy (non-hydrogen) atoms. The molecule has 2 bridgehead atoms. The molecule has 1 unspecified atom stereocenters. The van der Waals surface area contributed by atoms with Crippen molar-refractivity contribution < 1.29 is 9.21 Å². The Morgan fingerprint density at radius 3 is 2.78 bits per heavy atom. The number of carbonyl (C=O) groups excluding carboxylic acids is 1. The van der Waals surface area contributed by atoms with E-state index in [-0.39, 0.29) is 17.5 Å². The summed E-state index contributed by atoms with van der Waals surface area (Å²) in [4.78, 5) is 15.3. The maximum Gasteiger partial charge on any atom is 0.287 e. The van der Waals surface area contributed by atoms with Gasteiger partial charge in [-0.25, -0.2) is 0 Å². The minimum absolute atomic E-state index is 0.0950. The molecule has 1 aromatic heterocycles. The van der Waals surface area contributed by atoms with Gasteiger partial charge in [0.05, 0.1) is 6.04 Å². The van der Waals surface area contributed by atoms with Gasteiger partial charge in [0.15, 0.2) is 5.76 Å². The van der Waals surface area contributed by atoms with Crippen LogP contribution in [0, 0.1) is 5.92 Å². The molecule has 1 atom stereocenters. The van der Waals surface area contributed by atoms with Crippen LogP contribution >= 0.6 is 11.6 Å². The minimum Gasteiger partial charge on any atom is -0.451 e. The third kappa shape index (κ3) is 2.05. The Bertz CT molecular complexity index is 787. The number of furan rings is 1.